The molecule has 0 heterocycles. The molecule has 0 amide bonds. The third-order valence-electron chi connectivity index (χ3n) is 3.22. The molecule has 0 bridgehead atoms. The van der Waals surface area contributed by atoms with Crippen LogP contribution in [0.4, 0.5) is 0 Å². The number of aliphatic imine (C=N–C) groups is 1. The number of hydrogen-bond acceptors (Lipinski definition) is 2. The van der Waals surface area contributed by atoms with E-state index < -0.39 is 0 Å². The molecular formula is C17H21NO. The van der Waals surface area contributed by atoms with Crippen LogP contribution in [0.2, 0.25) is 0 Å². The average molecular weight is 255 g/mol. The molecule has 2 aromatic carbocycles. The highest BCUT2D eigenvalue weighted by atomic mass is 16.5. The van der Waals surface area contributed by atoms with E-state index in [-0.39, 0.29) is 12.1 Å². The van der Waals surface area contributed by atoms with Gasteiger partial charge < -0.3 is 4.74 Å². The van der Waals surface area contributed by atoms with Crippen LogP contribution in [0.1, 0.15) is 32.4 Å². The summed E-state index contributed by atoms with van der Waals surface area (Å²) < 4.78 is 5.47. The van der Waals surface area contributed by atoms with Crippen LogP contribution in [0.3, 0.4) is 0 Å². The van der Waals surface area contributed by atoms with Crippen LogP contribution in [0.15, 0.2) is 47.5 Å². The lowest BCUT2D eigenvalue weighted by Gasteiger charge is -2.12. The number of nitrogens with zero attached hydrogens (tertiary/aromatic N) is 1. The predicted molar refractivity (Wildman–Crippen MR) is 81.9 cm³/mol. The largest absolute Gasteiger partial charge is 0.373 e. The van der Waals surface area contributed by atoms with Crippen molar-refractivity contribution in [1.29, 1.82) is 0 Å². The van der Waals surface area contributed by atoms with Crippen molar-refractivity contribution in [2.45, 2.75) is 32.9 Å². The van der Waals surface area contributed by atoms with Crippen LogP contribution in [0, 0.1) is 0 Å². The minimum Gasteiger partial charge on any atom is -0.373 e. The predicted octanol–water partition coefficient (Wildman–Crippen LogP) is 4.40. The summed E-state index contributed by atoms with van der Waals surface area (Å²) in [6.07, 6.45) is 1.97. The molecule has 0 aromatic heterocycles. The average Bonchev–Trinajstić information content (AvgIpc) is 2.44. The first-order valence-electron chi connectivity index (χ1n) is 6.85. The summed E-state index contributed by atoms with van der Waals surface area (Å²) in [5, 5.41) is 2.54. The first-order valence-corrected chi connectivity index (χ1v) is 6.85. The van der Waals surface area contributed by atoms with Gasteiger partial charge in [0.2, 0.25) is 0 Å². The minimum atomic E-state index is 0.0717. The number of benzene rings is 2. The fourth-order valence-electron chi connectivity index (χ4n) is 2.25. The van der Waals surface area contributed by atoms with Gasteiger partial charge in [-0.05, 0) is 37.1 Å². The summed E-state index contributed by atoms with van der Waals surface area (Å²) in [5.41, 5.74) is 1.26. The van der Waals surface area contributed by atoms with Crippen LogP contribution in [0.5, 0.6) is 0 Å². The summed E-state index contributed by atoms with van der Waals surface area (Å²) in [7, 11) is 0. The maximum atomic E-state index is 5.47. The van der Waals surface area contributed by atoms with Crippen molar-refractivity contribution < 1.29 is 4.74 Å². The number of rotatable bonds is 5. The molecule has 0 aliphatic heterocycles. The van der Waals surface area contributed by atoms with E-state index in [0.717, 1.165) is 6.61 Å². The van der Waals surface area contributed by atoms with E-state index in [4.69, 9.17) is 4.74 Å². The van der Waals surface area contributed by atoms with E-state index in [1.165, 1.54) is 16.3 Å². The number of hydrogen-bond donors (Lipinski definition) is 0. The quantitative estimate of drug-likeness (QED) is 0.726. The summed E-state index contributed by atoms with van der Waals surface area (Å²) in [6.45, 7) is 6.86. The lowest BCUT2D eigenvalue weighted by Crippen LogP contribution is -2.09. The molecule has 0 aliphatic carbocycles. The molecule has 0 saturated heterocycles. The molecule has 2 atom stereocenters. The van der Waals surface area contributed by atoms with Crippen molar-refractivity contribution >= 4 is 17.0 Å². The second-order valence-corrected chi connectivity index (χ2v) is 4.70. The maximum Gasteiger partial charge on any atom is 0.0893 e. The second kappa shape index (κ2) is 6.48. The van der Waals surface area contributed by atoms with Gasteiger partial charge >= 0.3 is 0 Å². The van der Waals surface area contributed by atoms with E-state index in [0.29, 0.717) is 0 Å². The van der Waals surface area contributed by atoms with Gasteiger partial charge in [-0.25, -0.2) is 0 Å². The summed E-state index contributed by atoms with van der Waals surface area (Å²) >= 11 is 0. The second-order valence-electron chi connectivity index (χ2n) is 4.70. The molecular weight excluding hydrogens is 234 g/mol. The van der Waals surface area contributed by atoms with E-state index in [1.807, 2.05) is 20.1 Å². The van der Waals surface area contributed by atoms with Gasteiger partial charge in [0, 0.05) is 12.8 Å². The maximum absolute atomic E-state index is 5.47. The van der Waals surface area contributed by atoms with Crippen molar-refractivity contribution in [3.05, 3.63) is 48.0 Å². The zero-order valence-electron chi connectivity index (χ0n) is 11.8. The van der Waals surface area contributed by atoms with Crippen molar-refractivity contribution in [3.63, 3.8) is 0 Å². The van der Waals surface area contributed by atoms with E-state index in [2.05, 4.69) is 54.4 Å². The standard InChI is InChI=1S/C17H21NO/c1-4-19-13(2)12-18-14(3)16-11-7-9-15-8-5-6-10-17(15)16/h5-14H,4H2,1-3H3/t13?,14-/m1/s1. The highest BCUT2D eigenvalue weighted by Crippen LogP contribution is 2.26. The number of fused-ring (bicyclic) bond motifs is 1. The molecule has 0 radical (unpaired) electrons. The zero-order chi connectivity index (χ0) is 13.7. The SMILES string of the molecule is CCOC(C)C=N[C@H](C)c1cccc2ccccc12. The Morgan fingerprint density at radius 1 is 1.11 bits per heavy atom. The van der Waals surface area contributed by atoms with Gasteiger partial charge in [-0.1, -0.05) is 42.5 Å². The molecule has 19 heavy (non-hydrogen) atoms. The van der Waals surface area contributed by atoms with Crippen LogP contribution in [-0.4, -0.2) is 18.9 Å². The van der Waals surface area contributed by atoms with Gasteiger partial charge in [0.1, 0.15) is 0 Å². The Balaban J connectivity index is 2.24. The first-order chi connectivity index (χ1) is 9.22. The molecule has 2 heteroatoms. The highest BCUT2D eigenvalue weighted by Gasteiger charge is 2.07. The molecule has 2 rings (SSSR count). The molecule has 2 nitrogen and oxygen atoms in total. The minimum absolute atomic E-state index is 0.0717. The van der Waals surface area contributed by atoms with E-state index in [9.17, 15) is 0 Å². The van der Waals surface area contributed by atoms with Gasteiger partial charge in [0.15, 0.2) is 0 Å². The Kier molecular flexibility index (Phi) is 4.69. The Bertz CT molecular complexity index is 557. The summed E-state index contributed by atoms with van der Waals surface area (Å²) in [6, 6.07) is 15.0. The van der Waals surface area contributed by atoms with Gasteiger partial charge in [-0.15, -0.1) is 0 Å². The molecule has 0 fully saturated rings. The lowest BCUT2D eigenvalue weighted by atomic mass is 10.00. The van der Waals surface area contributed by atoms with Crippen LogP contribution >= 0.6 is 0 Å². The molecule has 0 saturated carbocycles. The van der Waals surface area contributed by atoms with Crippen LogP contribution < -0.4 is 0 Å². The van der Waals surface area contributed by atoms with Crippen molar-refractivity contribution in [1.82, 2.24) is 0 Å². The molecule has 0 spiro atoms. The Hall–Kier alpha value is -1.67. The van der Waals surface area contributed by atoms with Crippen molar-refractivity contribution in [3.8, 4) is 0 Å². The molecule has 0 aliphatic rings. The van der Waals surface area contributed by atoms with E-state index in [1.54, 1.807) is 0 Å². The first kappa shape index (κ1) is 13.8. The van der Waals surface area contributed by atoms with Gasteiger partial charge in [-0.2, -0.15) is 0 Å². The molecule has 1 unspecified atom stereocenters. The van der Waals surface area contributed by atoms with Crippen LogP contribution in [0.25, 0.3) is 10.8 Å². The Labute approximate surface area is 115 Å². The summed E-state index contributed by atoms with van der Waals surface area (Å²) in [4.78, 5) is 4.61. The summed E-state index contributed by atoms with van der Waals surface area (Å²) in [5.74, 6) is 0. The smallest absolute Gasteiger partial charge is 0.0893 e. The van der Waals surface area contributed by atoms with Crippen LogP contribution in [-0.2, 0) is 4.74 Å². The fourth-order valence-corrected chi connectivity index (χ4v) is 2.25. The Morgan fingerprint density at radius 3 is 2.63 bits per heavy atom. The fraction of sp³-hybridized carbons (Fsp3) is 0.353. The lowest BCUT2D eigenvalue weighted by molar-refractivity contribution is 0.125. The van der Waals surface area contributed by atoms with Gasteiger partial charge in [0.05, 0.1) is 12.1 Å². The monoisotopic (exact) mass is 255 g/mol. The highest BCUT2D eigenvalue weighted by molar-refractivity contribution is 5.86. The third-order valence-corrected chi connectivity index (χ3v) is 3.22. The molecule has 2 aromatic rings. The molecule has 0 N–H and O–H groups in total. The van der Waals surface area contributed by atoms with Crippen molar-refractivity contribution in [2.75, 3.05) is 6.61 Å². The van der Waals surface area contributed by atoms with Gasteiger partial charge in [0.25, 0.3) is 0 Å². The van der Waals surface area contributed by atoms with E-state index >= 15 is 0 Å². The third kappa shape index (κ3) is 3.42. The topological polar surface area (TPSA) is 21.6 Å². The number of ether oxygens (including phenoxy) is 1. The molecule has 100 valence electrons. The zero-order valence-corrected chi connectivity index (χ0v) is 11.8. The Morgan fingerprint density at radius 2 is 1.84 bits per heavy atom. The van der Waals surface area contributed by atoms with Gasteiger partial charge in [-0.3, -0.25) is 4.99 Å². The normalized spacial score (nSPS) is 14.9. The van der Waals surface area contributed by atoms with Crippen molar-refractivity contribution in [2.24, 2.45) is 4.99 Å².